The molecule has 1 N–H and O–H groups in total. The number of aliphatic hydroxyl groups is 1. The number of hydrogen-bond acceptors (Lipinski definition) is 3. The van der Waals surface area contributed by atoms with E-state index in [9.17, 15) is 9.90 Å². The van der Waals surface area contributed by atoms with Gasteiger partial charge in [-0.1, -0.05) is 0 Å². The van der Waals surface area contributed by atoms with Crippen molar-refractivity contribution < 1.29 is 9.90 Å². The Bertz CT molecular complexity index is 505. The van der Waals surface area contributed by atoms with Gasteiger partial charge in [-0.05, 0) is 43.5 Å². The first-order valence-electron chi connectivity index (χ1n) is 6.10. The van der Waals surface area contributed by atoms with Crippen LogP contribution in [0.2, 0.25) is 0 Å². The van der Waals surface area contributed by atoms with E-state index < -0.39 is 0 Å². The van der Waals surface area contributed by atoms with Crippen molar-refractivity contribution in [1.82, 2.24) is 4.90 Å². The molecule has 1 aromatic rings. The van der Waals surface area contributed by atoms with E-state index in [1.54, 1.807) is 23.1 Å². The predicted molar refractivity (Wildman–Crippen MR) is 67.0 cm³/mol. The van der Waals surface area contributed by atoms with Crippen molar-refractivity contribution in [2.45, 2.75) is 25.8 Å². The van der Waals surface area contributed by atoms with Crippen LogP contribution >= 0.6 is 0 Å². The van der Waals surface area contributed by atoms with Crippen LogP contribution < -0.4 is 0 Å². The standard InChI is InChI=1S/C14H16N2O2/c1-10-7-11(8-15)4-5-13(10)14(18)16-6-2-3-12(16)9-17/h4-5,7,12,17H,2-3,6,9H2,1H3/t12-/m1/s1. The molecule has 1 aliphatic rings. The fourth-order valence-corrected chi connectivity index (χ4v) is 2.42. The van der Waals surface area contributed by atoms with Gasteiger partial charge in [0.2, 0.25) is 0 Å². The fraction of sp³-hybridized carbons (Fsp3) is 0.429. The number of aryl methyl sites for hydroxylation is 1. The van der Waals surface area contributed by atoms with Gasteiger partial charge < -0.3 is 10.0 Å². The summed E-state index contributed by atoms with van der Waals surface area (Å²) in [5.74, 6) is -0.0476. The number of amides is 1. The molecule has 4 heteroatoms. The SMILES string of the molecule is Cc1cc(C#N)ccc1C(=O)N1CCC[C@@H]1CO. The number of nitriles is 1. The maximum Gasteiger partial charge on any atom is 0.254 e. The predicted octanol–water partition coefficient (Wildman–Crippen LogP) is 1.46. The summed E-state index contributed by atoms with van der Waals surface area (Å²) in [6.45, 7) is 2.54. The molecule has 0 aliphatic carbocycles. The van der Waals surface area contributed by atoms with Crippen LogP contribution in [0.5, 0.6) is 0 Å². The Morgan fingerprint density at radius 3 is 3.00 bits per heavy atom. The molecule has 2 rings (SSSR count). The number of aliphatic hydroxyl groups excluding tert-OH is 1. The zero-order chi connectivity index (χ0) is 13.1. The van der Waals surface area contributed by atoms with Crippen molar-refractivity contribution in [3.05, 3.63) is 34.9 Å². The molecule has 1 saturated heterocycles. The fourth-order valence-electron chi connectivity index (χ4n) is 2.42. The summed E-state index contributed by atoms with van der Waals surface area (Å²) >= 11 is 0. The normalized spacial score (nSPS) is 18.7. The monoisotopic (exact) mass is 244 g/mol. The maximum atomic E-state index is 12.4. The van der Waals surface area contributed by atoms with E-state index >= 15 is 0 Å². The van der Waals surface area contributed by atoms with E-state index in [1.165, 1.54) is 0 Å². The van der Waals surface area contributed by atoms with E-state index in [0.717, 1.165) is 18.4 Å². The highest BCUT2D eigenvalue weighted by Crippen LogP contribution is 2.21. The van der Waals surface area contributed by atoms with Crippen molar-refractivity contribution in [3.8, 4) is 6.07 Å². The Hall–Kier alpha value is -1.86. The molecular formula is C14H16N2O2. The molecule has 0 saturated carbocycles. The molecule has 18 heavy (non-hydrogen) atoms. The van der Waals surface area contributed by atoms with Crippen molar-refractivity contribution >= 4 is 5.91 Å². The summed E-state index contributed by atoms with van der Waals surface area (Å²) in [4.78, 5) is 14.1. The van der Waals surface area contributed by atoms with Gasteiger partial charge in [0, 0.05) is 12.1 Å². The molecule has 0 aromatic heterocycles. The van der Waals surface area contributed by atoms with Crippen LogP contribution in [0.3, 0.4) is 0 Å². The van der Waals surface area contributed by atoms with Crippen molar-refractivity contribution in [2.24, 2.45) is 0 Å². The van der Waals surface area contributed by atoms with Crippen LogP contribution in [0.15, 0.2) is 18.2 Å². The molecule has 1 aliphatic heterocycles. The van der Waals surface area contributed by atoms with Crippen molar-refractivity contribution in [3.63, 3.8) is 0 Å². The zero-order valence-corrected chi connectivity index (χ0v) is 10.4. The van der Waals surface area contributed by atoms with Gasteiger partial charge >= 0.3 is 0 Å². The van der Waals surface area contributed by atoms with Gasteiger partial charge in [-0.2, -0.15) is 5.26 Å². The van der Waals surface area contributed by atoms with E-state index in [1.807, 2.05) is 6.92 Å². The third-order valence-electron chi connectivity index (χ3n) is 3.43. The van der Waals surface area contributed by atoms with Crippen LogP contribution in [0.25, 0.3) is 0 Å². The van der Waals surface area contributed by atoms with Crippen LogP contribution in [0.4, 0.5) is 0 Å². The second kappa shape index (κ2) is 5.19. The van der Waals surface area contributed by atoms with Crippen LogP contribution in [-0.2, 0) is 0 Å². The summed E-state index contributed by atoms with van der Waals surface area (Å²) in [5.41, 5.74) is 1.99. The first kappa shape index (κ1) is 12.6. The average Bonchev–Trinajstić information content (AvgIpc) is 2.86. The summed E-state index contributed by atoms with van der Waals surface area (Å²) in [6.07, 6.45) is 1.80. The lowest BCUT2D eigenvalue weighted by molar-refractivity contribution is 0.0677. The molecule has 1 amide bonds. The average molecular weight is 244 g/mol. The highest BCUT2D eigenvalue weighted by molar-refractivity contribution is 5.96. The highest BCUT2D eigenvalue weighted by Gasteiger charge is 2.29. The molecule has 0 unspecified atom stereocenters. The van der Waals surface area contributed by atoms with E-state index in [0.29, 0.717) is 17.7 Å². The number of hydrogen-bond donors (Lipinski definition) is 1. The Balaban J connectivity index is 2.26. The Morgan fingerprint density at radius 1 is 1.61 bits per heavy atom. The minimum Gasteiger partial charge on any atom is -0.394 e. The number of nitrogens with zero attached hydrogens (tertiary/aromatic N) is 2. The summed E-state index contributed by atoms with van der Waals surface area (Å²) in [5, 5.41) is 18.1. The number of rotatable bonds is 2. The first-order chi connectivity index (χ1) is 8.67. The first-order valence-corrected chi connectivity index (χ1v) is 6.10. The summed E-state index contributed by atoms with van der Waals surface area (Å²) < 4.78 is 0. The number of benzene rings is 1. The van der Waals surface area contributed by atoms with Gasteiger partial charge in [0.15, 0.2) is 0 Å². The van der Waals surface area contributed by atoms with Gasteiger partial charge in [0.25, 0.3) is 5.91 Å². The lowest BCUT2D eigenvalue weighted by Gasteiger charge is -2.23. The quantitative estimate of drug-likeness (QED) is 0.856. The summed E-state index contributed by atoms with van der Waals surface area (Å²) in [7, 11) is 0. The van der Waals surface area contributed by atoms with Crippen LogP contribution in [0.1, 0.15) is 34.3 Å². The van der Waals surface area contributed by atoms with E-state index in [2.05, 4.69) is 6.07 Å². The van der Waals surface area contributed by atoms with Gasteiger partial charge in [-0.15, -0.1) is 0 Å². The van der Waals surface area contributed by atoms with E-state index in [4.69, 9.17) is 5.26 Å². The molecular weight excluding hydrogens is 228 g/mol. The second-order valence-corrected chi connectivity index (χ2v) is 4.62. The van der Waals surface area contributed by atoms with Gasteiger partial charge in [0.05, 0.1) is 24.3 Å². The molecule has 94 valence electrons. The Kier molecular flexibility index (Phi) is 3.63. The largest absolute Gasteiger partial charge is 0.394 e. The van der Waals surface area contributed by atoms with Gasteiger partial charge in [0.1, 0.15) is 0 Å². The lowest BCUT2D eigenvalue weighted by Crippen LogP contribution is -2.37. The molecule has 0 bridgehead atoms. The Labute approximate surface area is 106 Å². The van der Waals surface area contributed by atoms with Crippen LogP contribution in [-0.4, -0.2) is 35.1 Å². The zero-order valence-electron chi connectivity index (χ0n) is 10.4. The van der Waals surface area contributed by atoms with Crippen molar-refractivity contribution in [2.75, 3.05) is 13.2 Å². The number of carbonyl (C=O) groups is 1. The molecule has 1 atom stereocenters. The third-order valence-corrected chi connectivity index (χ3v) is 3.43. The highest BCUT2D eigenvalue weighted by atomic mass is 16.3. The van der Waals surface area contributed by atoms with Gasteiger partial charge in [-0.25, -0.2) is 0 Å². The molecule has 1 fully saturated rings. The lowest BCUT2D eigenvalue weighted by atomic mass is 10.0. The minimum atomic E-state index is -0.0625. The van der Waals surface area contributed by atoms with E-state index in [-0.39, 0.29) is 18.6 Å². The van der Waals surface area contributed by atoms with Gasteiger partial charge in [-0.3, -0.25) is 4.79 Å². The summed E-state index contributed by atoms with van der Waals surface area (Å²) in [6, 6.07) is 7.07. The maximum absolute atomic E-state index is 12.4. The smallest absolute Gasteiger partial charge is 0.254 e. The Morgan fingerprint density at radius 2 is 2.39 bits per heavy atom. The molecule has 1 aromatic carbocycles. The molecule has 0 spiro atoms. The number of carbonyl (C=O) groups excluding carboxylic acids is 1. The third kappa shape index (κ3) is 2.22. The topological polar surface area (TPSA) is 64.3 Å². The molecule has 1 heterocycles. The van der Waals surface area contributed by atoms with Crippen molar-refractivity contribution in [1.29, 1.82) is 5.26 Å². The number of likely N-dealkylation sites (tertiary alicyclic amines) is 1. The molecule has 4 nitrogen and oxygen atoms in total. The minimum absolute atomic E-state index is 0.0149. The second-order valence-electron chi connectivity index (χ2n) is 4.62. The van der Waals surface area contributed by atoms with Crippen LogP contribution in [0, 0.1) is 18.3 Å². The molecule has 0 radical (unpaired) electrons.